The highest BCUT2D eigenvalue weighted by molar-refractivity contribution is 5.93. The molecule has 1 aromatic heterocycles. The van der Waals surface area contributed by atoms with Crippen molar-refractivity contribution in [3.8, 4) is 5.75 Å². The molecule has 0 atom stereocenters. The van der Waals surface area contributed by atoms with Crippen molar-refractivity contribution in [2.75, 3.05) is 39.5 Å². The Labute approximate surface area is 128 Å². The summed E-state index contributed by atoms with van der Waals surface area (Å²) in [6, 6.07) is 9.08. The highest BCUT2D eigenvalue weighted by atomic mass is 16.5. The summed E-state index contributed by atoms with van der Waals surface area (Å²) in [6.07, 6.45) is 0. The van der Waals surface area contributed by atoms with Gasteiger partial charge in [-0.3, -0.25) is 9.69 Å². The van der Waals surface area contributed by atoms with Crippen molar-refractivity contribution in [3.05, 3.63) is 36.0 Å². The van der Waals surface area contributed by atoms with Gasteiger partial charge >= 0.3 is 0 Å². The molecule has 0 aliphatic carbocycles. The fourth-order valence-electron chi connectivity index (χ4n) is 2.45. The number of carbonyl (C=O) groups excluding carboxylic acids is 1. The van der Waals surface area contributed by atoms with Gasteiger partial charge in [-0.05, 0) is 24.3 Å². The molecule has 0 saturated carbocycles. The number of primary amides is 1. The van der Waals surface area contributed by atoms with E-state index >= 15 is 0 Å². The normalized spacial score (nSPS) is 15.8. The quantitative estimate of drug-likeness (QED) is 0.893. The van der Waals surface area contributed by atoms with Crippen LogP contribution in [0, 0.1) is 0 Å². The van der Waals surface area contributed by atoms with Crippen molar-refractivity contribution in [2.45, 2.75) is 0 Å². The van der Waals surface area contributed by atoms with Crippen LogP contribution in [-0.2, 0) is 4.74 Å². The summed E-state index contributed by atoms with van der Waals surface area (Å²) in [5, 5.41) is 0.925. The first kappa shape index (κ1) is 14.7. The molecule has 0 spiro atoms. The molecule has 0 bridgehead atoms. The van der Waals surface area contributed by atoms with Crippen LogP contribution in [0.4, 0.5) is 0 Å². The number of morpholine rings is 1. The Kier molecular flexibility index (Phi) is 4.50. The Morgan fingerprint density at radius 3 is 2.86 bits per heavy atom. The molecule has 2 heterocycles. The van der Waals surface area contributed by atoms with Gasteiger partial charge in [0.15, 0.2) is 0 Å². The van der Waals surface area contributed by atoms with Crippen molar-refractivity contribution in [1.29, 1.82) is 0 Å². The Morgan fingerprint density at radius 2 is 2.09 bits per heavy atom. The monoisotopic (exact) mass is 301 g/mol. The number of benzene rings is 1. The van der Waals surface area contributed by atoms with Crippen LogP contribution in [0.5, 0.6) is 5.75 Å². The van der Waals surface area contributed by atoms with Crippen LogP contribution in [0.25, 0.3) is 10.9 Å². The van der Waals surface area contributed by atoms with E-state index in [0.29, 0.717) is 6.61 Å². The minimum Gasteiger partial charge on any atom is -0.492 e. The first-order valence-corrected chi connectivity index (χ1v) is 7.36. The molecule has 22 heavy (non-hydrogen) atoms. The number of fused-ring (bicyclic) bond motifs is 1. The summed E-state index contributed by atoms with van der Waals surface area (Å²) in [5.41, 5.74) is 6.24. The fraction of sp³-hybridized carbons (Fsp3) is 0.375. The van der Waals surface area contributed by atoms with E-state index in [-0.39, 0.29) is 5.69 Å². The predicted molar refractivity (Wildman–Crippen MR) is 83.0 cm³/mol. The Bertz CT molecular complexity index is 669. The SMILES string of the molecule is NC(=O)c1ccc2cc(OCCN3CCOCC3)ccc2n1. The second kappa shape index (κ2) is 6.72. The zero-order valence-electron chi connectivity index (χ0n) is 12.3. The second-order valence-electron chi connectivity index (χ2n) is 5.22. The molecule has 1 aliphatic rings. The van der Waals surface area contributed by atoms with Gasteiger partial charge < -0.3 is 15.2 Å². The molecule has 0 unspecified atom stereocenters. The summed E-state index contributed by atoms with van der Waals surface area (Å²) in [7, 11) is 0. The fourth-order valence-corrected chi connectivity index (χ4v) is 2.45. The highest BCUT2D eigenvalue weighted by Crippen LogP contribution is 2.20. The Hall–Kier alpha value is -2.18. The van der Waals surface area contributed by atoms with E-state index in [2.05, 4.69) is 9.88 Å². The van der Waals surface area contributed by atoms with Gasteiger partial charge in [-0.15, -0.1) is 0 Å². The first-order chi connectivity index (χ1) is 10.7. The zero-order chi connectivity index (χ0) is 15.4. The van der Waals surface area contributed by atoms with E-state index in [1.54, 1.807) is 6.07 Å². The average molecular weight is 301 g/mol. The van der Waals surface area contributed by atoms with Crippen molar-refractivity contribution in [2.24, 2.45) is 5.73 Å². The molecule has 2 aromatic rings. The zero-order valence-corrected chi connectivity index (χ0v) is 12.3. The molecule has 1 saturated heterocycles. The standard InChI is InChI=1S/C16H19N3O3/c17-16(20)15-3-1-12-11-13(2-4-14(12)18-15)22-10-7-19-5-8-21-9-6-19/h1-4,11H,5-10H2,(H2,17,20). The van der Waals surface area contributed by atoms with E-state index in [9.17, 15) is 4.79 Å². The largest absolute Gasteiger partial charge is 0.492 e. The highest BCUT2D eigenvalue weighted by Gasteiger charge is 2.10. The van der Waals surface area contributed by atoms with E-state index in [1.165, 1.54) is 0 Å². The Balaban J connectivity index is 1.62. The molecule has 1 fully saturated rings. The van der Waals surface area contributed by atoms with Crippen molar-refractivity contribution in [1.82, 2.24) is 9.88 Å². The van der Waals surface area contributed by atoms with Gasteiger partial charge in [-0.25, -0.2) is 4.98 Å². The number of carbonyl (C=O) groups is 1. The summed E-state index contributed by atoms with van der Waals surface area (Å²) < 4.78 is 11.1. The minimum atomic E-state index is -0.521. The lowest BCUT2D eigenvalue weighted by Crippen LogP contribution is -2.38. The molecular weight excluding hydrogens is 282 g/mol. The number of amides is 1. The number of hydrogen-bond acceptors (Lipinski definition) is 5. The van der Waals surface area contributed by atoms with Crippen LogP contribution in [-0.4, -0.2) is 55.2 Å². The molecule has 1 aromatic carbocycles. The van der Waals surface area contributed by atoms with Crippen LogP contribution in [0.15, 0.2) is 30.3 Å². The van der Waals surface area contributed by atoms with Gasteiger partial charge in [0.2, 0.25) is 0 Å². The van der Waals surface area contributed by atoms with Crippen LogP contribution >= 0.6 is 0 Å². The summed E-state index contributed by atoms with van der Waals surface area (Å²) in [5.74, 6) is 0.280. The number of hydrogen-bond donors (Lipinski definition) is 1. The molecule has 3 rings (SSSR count). The van der Waals surface area contributed by atoms with E-state index in [4.69, 9.17) is 15.2 Å². The number of nitrogens with two attached hydrogens (primary N) is 1. The maximum Gasteiger partial charge on any atom is 0.267 e. The minimum absolute atomic E-state index is 0.272. The Morgan fingerprint density at radius 1 is 1.27 bits per heavy atom. The van der Waals surface area contributed by atoms with Gasteiger partial charge in [0.05, 0.1) is 18.7 Å². The number of pyridine rings is 1. The molecule has 0 radical (unpaired) electrons. The maximum absolute atomic E-state index is 11.1. The van der Waals surface area contributed by atoms with Crippen LogP contribution in [0.1, 0.15) is 10.5 Å². The van der Waals surface area contributed by atoms with Crippen molar-refractivity contribution >= 4 is 16.8 Å². The average Bonchev–Trinajstić information content (AvgIpc) is 2.55. The molecular formula is C16H19N3O3. The van der Waals surface area contributed by atoms with Gasteiger partial charge in [0.1, 0.15) is 18.1 Å². The lowest BCUT2D eigenvalue weighted by molar-refractivity contribution is 0.0322. The van der Waals surface area contributed by atoms with E-state index in [1.807, 2.05) is 24.3 Å². The lowest BCUT2D eigenvalue weighted by Gasteiger charge is -2.26. The van der Waals surface area contributed by atoms with Crippen molar-refractivity contribution < 1.29 is 14.3 Å². The van der Waals surface area contributed by atoms with Gasteiger partial charge in [-0.1, -0.05) is 6.07 Å². The number of rotatable bonds is 5. The van der Waals surface area contributed by atoms with E-state index in [0.717, 1.165) is 49.5 Å². The molecule has 116 valence electrons. The van der Waals surface area contributed by atoms with Crippen molar-refractivity contribution in [3.63, 3.8) is 0 Å². The lowest BCUT2D eigenvalue weighted by atomic mass is 10.2. The van der Waals surface area contributed by atoms with Crippen LogP contribution < -0.4 is 10.5 Å². The second-order valence-corrected chi connectivity index (χ2v) is 5.22. The van der Waals surface area contributed by atoms with E-state index < -0.39 is 5.91 Å². The third-order valence-corrected chi connectivity index (χ3v) is 3.69. The predicted octanol–water partition coefficient (Wildman–Crippen LogP) is 1.04. The van der Waals surface area contributed by atoms with Crippen LogP contribution in [0.3, 0.4) is 0 Å². The van der Waals surface area contributed by atoms with Gasteiger partial charge in [0.25, 0.3) is 5.91 Å². The van der Waals surface area contributed by atoms with Gasteiger partial charge in [-0.2, -0.15) is 0 Å². The number of nitrogens with zero attached hydrogens (tertiary/aromatic N) is 2. The number of aromatic nitrogens is 1. The molecule has 6 heteroatoms. The summed E-state index contributed by atoms with van der Waals surface area (Å²) >= 11 is 0. The third kappa shape index (κ3) is 3.52. The smallest absolute Gasteiger partial charge is 0.267 e. The number of ether oxygens (including phenoxy) is 2. The first-order valence-electron chi connectivity index (χ1n) is 7.36. The van der Waals surface area contributed by atoms with Gasteiger partial charge in [0, 0.05) is 25.0 Å². The molecule has 2 N–H and O–H groups in total. The van der Waals surface area contributed by atoms with Crippen LogP contribution in [0.2, 0.25) is 0 Å². The third-order valence-electron chi connectivity index (χ3n) is 3.69. The topological polar surface area (TPSA) is 77.7 Å². The molecule has 1 amide bonds. The molecule has 6 nitrogen and oxygen atoms in total. The summed E-state index contributed by atoms with van der Waals surface area (Å²) in [6.45, 7) is 5.04. The maximum atomic E-state index is 11.1. The summed E-state index contributed by atoms with van der Waals surface area (Å²) in [4.78, 5) is 17.7. The molecule has 1 aliphatic heterocycles.